The van der Waals surface area contributed by atoms with Gasteiger partial charge >= 0.3 is 6.09 Å². The third kappa shape index (κ3) is 6.02. The van der Waals surface area contributed by atoms with E-state index in [1.807, 2.05) is 13.8 Å². The molecule has 0 aliphatic heterocycles. The van der Waals surface area contributed by atoms with Crippen LogP contribution in [0.25, 0.3) is 0 Å². The maximum absolute atomic E-state index is 13.9. The highest BCUT2D eigenvalue weighted by Gasteiger charge is 2.18. The SMILES string of the molecule is CC(C)(N)Cc1ccc(NC(=O)OC(C)(C)C)cc1F. The highest BCUT2D eigenvalue weighted by atomic mass is 19.1. The number of rotatable bonds is 3. The van der Waals surface area contributed by atoms with E-state index in [4.69, 9.17) is 10.5 Å². The molecule has 0 aliphatic rings. The molecule has 1 rings (SSSR count). The van der Waals surface area contributed by atoms with Crippen molar-refractivity contribution in [2.45, 2.75) is 52.2 Å². The molecule has 1 aromatic carbocycles. The van der Waals surface area contributed by atoms with Gasteiger partial charge in [0.1, 0.15) is 11.4 Å². The number of nitrogens with one attached hydrogen (secondary N) is 1. The normalized spacial score (nSPS) is 12.2. The number of amides is 1. The van der Waals surface area contributed by atoms with Crippen LogP contribution in [0.1, 0.15) is 40.2 Å². The van der Waals surface area contributed by atoms with Gasteiger partial charge < -0.3 is 10.5 Å². The van der Waals surface area contributed by atoms with Crippen molar-refractivity contribution in [3.05, 3.63) is 29.6 Å². The zero-order valence-electron chi connectivity index (χ0n) is 12.7. The van der Waals surface area contributed by atoms with Crippen LogP contribution in [-0.2, 0) is 11.2 Å². The van der Waals surface area contributed by atoms with Crippen LogP contribution >= 0.6 is 0 Å². The first-order valence-electron chi connectivity index (χ1n) is 6.54. The van der Waals surface area contributed by atoms with Crippen molar-refractivity contribution in [1.82, 2.24) is 0 Å². The zero-order valence-corrected chi connectivity index (χ0v) is 12.7. The van der Waals surface area contributed by atoms with Crippen molar-refractivity contribution in [2.24, 2.45) is 5.73 Å². The van der Waals surface area contributed by atoms with E-state index in [9.17, 15) is 9.18 Å². The van der Waals surface area contributed by atoms with Crippen LogP contribution < -0.4 is 11.1 Å². The number of carbonyl (C=O) groups excluding carboxylic acids is 1. The first-order valence-corrected chi connectivity index (χ1v) is 6.54. The molecule has 4 nitrogen and oxygen atoms in total. The molecule has 0 fully saturated rings. The van der Waals surface area contributed by atoms with E-state index in [-0.39, 0.29) is 0 Å². The smallest absolute Gasteiger partial charge is 0.412 e. The van der Waals surface area contributed by atoms with Gasteiger partial charge in [-0.2, -0.15) is 0 Å². The van der Waals surface area contributed by atoms with Crippen molar-refractivity contribution in [3.8, 4) is 0 Å². The molecule has 0 heterocycles. The van der Waals surface area contributed by atoms with Gasteiger partial charge in [0.2, 0.25) is 0 Å². The fourth-order valence-electron chi connectivity index (χ4n) is 1.68. The van der Waals surface area contributed by atoms with Gasteiger partial charge in [0.25, 0.3) is 0 Å². The van der Waals surface area contributed by atoms with E-state index in [2.05, 4.69) is 5.32 Å². The molecule has 0 aromatic heterocycles. The first-order chi connectivity index (χ1) is 8.96. The summed E-state index contributed by atoms with van der Waals surface area (Å²) in [6.07, 6.45) is -0.185. The van der Waals surface area contributed by atoms with Crippen molar-refractivity contribution >= 4 is 11.8 Å². The third-order valence-corrected chi connectivity index (χ3v) is 2.34. The molecule has 0 radical (unpaired) electrons. The van der Waals surface area contributed by atoms with Gasteiger partial charge in [0.05, 0.1) is 0 Å². The molecular formula is C15H23FN2O2. The van der Waals surface area contributed by atoms with Gasteiger partial charge in [-0.05, 0) is 58.7 Å². The van der Waals surface area contributed by atoms with E-state index in [0.717, 1.165) is 0 Å². The Hall–Kier alpha value is -1.62. The molecule has 0 atom stereocenters. The molecule has 112 valence electrons. The highest BCUT2D eigenvalue weighted by Crippen LogP contribution is 2.19. The number of anilines is 1. The average Bonchev–Trinajstić information content (AvgIpc) is 2.17. The largest absolute Gasteiger partial charge is 0.444 e. The summed E-state index contributed by atoms with van der Waals surface area (Å²) in [6, 6.07) is 4.52. The maximum Gasteiger partial charge on any atom is 0.412 e. The van der Waals surface area contributed by atoms with Gasteiger partial charge in [0.15, 0.2) is 0 Å². The van der Waals surface area contributed by atoms with E-state index < -0.39 is 23.1 Å². The van der Waals surface area contributed by atoms with E-state index in [0.29, 0.717) is 17.7 Å². The Morgan fingerprint density at radius 2 is 1.90 bits per heavy atom. The number of nitrogens with two attached hydrogens (primary N) is 1. The average molecular weight is 282 g/mol. The van der Waals surface area contributed by atoms with Crippen LogP contribution in [0.4, 0.5) is 14.9 Å². The molecule has 5 heteroatoms. The van der Waals surface area contributed by atoms with Crippen LogP contribution in [-0.4, -0.2) is 17.2 Å². The van der Waals surface area contributed by atoms with Crippen LogP contribution in [0, 0.1) is 5.82 Å². The summed E-state index contributed by atoms with van der Waals surface area (Å²) < 4.78 is 19.0. The fraction of sp³-hybridized carbons (Fsp3) is 0.533. The van der Waals surface area contributed by atoms with Crippen molar-refractivity contribution in [3.63, 3.8) is 0 Å². The molecule has 0 bridgehead atoms. The van der Waals surface area contributed by atoms with Gasteiger partial charge in [-0.25, -0.2) is 9.18 Å². The second kappa shape index (κ2) is 5.79. The Bertz CT molecular complexity index is 488. The molecule has 0 unspecified atom stereocenters. The van der Waals surface area contributed by atoms with Gasteiger partial charge in [-0.15, -0.1) is 0 Å². The monoisotopic (exact) mass is 282 g/mol. The Morgan fingerprint density at radius 3 is 2.35 bits per heavy atom. The summed E-state index contributed by atoms with van der Waals surface area (Å²) in [5.41, 5.74) is 5.67. The lowest BCUT2D eigenvalue weighted by Crippen LogP contribution is -2.34. The molecule has 0 saturated carbocycles. The molecular weight excluding hydrogens is 259 g/mol. The summed E-state index contributed by atoms with van der Waals surface area (Å²) in [4.78, 5) is 11.6. The molecule has 0 saturated heterocycles. The minimum Gasteiger partial charge on any atom is -0.444 e. The van der Waals surface area contributed by atoms with Crippen molar-refractivity contribution < 1.29 is 13.9 Å². The minimum absolute atomic E-state index is 0.357. The lowest BCUT2D eigenvalue weighted by molar-refractivity contribution is 0.0636. The number of carbonyl (C=O) groups is 1. The van der Waals surface area contributed by atoms with E-state index >= 15 is 0 Å². The lowest BCUT2D eigenvalue weighted by atomic mass is 9.96. The summed E-state index contributed by atoms with van der Waals surface area (Å²) >= 11 is 0. The predicted octanol–water partition coefficient (Wildman–Crippen LogP) is 3.45. The Kier molecular flexibility index (Phi) is 4.76. The van der Waals surface area contributed by atoms with Crippen LogP contribution in [0.5, 0.6) is 0 Å². The minimum atomic E-state index is -0.608. The molecule has 0 spiro atoms. The van der Waals surface area contributed by atoms with Crippen LogP contribution in [0.2, 0.25) is 0 Å². The van der Waals surface area contributed by atoms with E-state index in [1.165, 1.54) is 6.07 Å². The van der Waals surface area contributed by atoms with Crippen molar-refractivity contribution in [1.29, 1.82) is 0 Å². The van der Waals surface area contributed by atoms with Crippen molar-refractivity contribution in [2.75, 3.05) is 5.32 Å². The van der Waals surface area contributed by atoms with Crippen LogP contribution in [0.3, 0.4) is 0 Å². The summed E-state index contributed by atoms with van der Waals surface area (Å²) in [5, 5.41) is 2.50. The standard InChI is InChI=1S/C15H23FN2O2/c1-14(2,3)20-13(19)18-11-7-6-10(12(16)8-11)9-15(4,5)17/h6-8H,9,17H2,1-5H3,(H,18,19). The topological polar surface area (TPSA) is 64.3 Å². The number of ether oxygens (including phenoxy) is 1. The molecule has 1 amide bonds. The zero-order chi connectivity index (χ0) is 15.6. The highest BCUT2D eigenvalue weighted by molar-refractivity contribution is 5.84. The fourth-order valence-corrected chi connectivity index (χ4v) is 1.68. The summed E-state index contributed by atoms with van der Waals surface area (Å²) in [5.74, 6) is -0.392. The second-order valence-corrected chi connectivity index (χ2v) is 6.60. The number of hydrogen-bond acceptors (Lipinski definition) is 3. The summed E-state index contributed by atoms with van der Waals surface area (Å²) in [6.45, 7) is 8.96. The number of hydrogen-bond donors (Lipinski definition) is 2. The third-order valence-electron chi connectivity index (χ3n) is 2.34. The van der Waals surface area contributed by atoms with Crippen LogP contribution in [0.15, 0.2) is 18.2 Å². The number of benzene rings is 1. The first kappa shape index (κ1) is 16.4. The number of halogens is 1. The quantitative estimate of drug-likeness (QED) is 0.892. The van der Waals surface area contributed by atoms with Gasteiger partial charge in [0, 0.05) is 11.2 Å². The molecule has 3 N–H and O–H groups in total. The van der Waals surface area contributed by atoms with Gasteiger partial charge in [-0.3, -0.25) is 5.32 Å². The Morgan fingerprint density at radius 1 is 1.30 bits per heavy atom. The lowest BCUT2D eigenvalue weighted by Gasteiger charge is -2.20. The second-order valence-electron chi connectivity index (χ2n) is 6.60. The van der Waals surface area contributed by atoms with Gasteiger partial charge in [-0.1, -0.05) is 6.07 Å². The summed E-state index contributed by atoms with van der Waals surface area (Å²) in [7, 11) is 0. The Labute approximate surface area is 119 Å². The Balaban J connectivity index is 2.75. The predicted molar refractivity (Wildman–Crippen MR) is 78.2 cm³/mol. The molecule has 20 heavy (non-hydrogen) atoms. The molecule has 1 aromatic rings. The van der Waals surface area contributed by atoms with E-state index in [1.54, 1.807) is 32.9 Å². The molecule has 0 aliphatic carbocycles. The maximum atomic E-state index is 13.9.